The van der Waals surface area contributed by atoms with Crippen molar-refractivity contribution in [2.75, 3.05) is 0 Å². The van der Waals surface area contributed by atoms with Gasteiger partial charge in [0.15, 0.2) is 6.10 Å². The number of rotatable bonds is 5. The van der Waals surface area contributed by atoms with Crippen LogP contribution >= 0.6 is 0 Å². The SMILES string of the molecule is CC(Oc1ccc(F)cc1)C(=O)Oc1ccc(-c2ccc(C#N)cc2)cc1. The molecule has 3 aromatic carbocycles. The third-order valence-electron chi connectivity index (χ3n) is 3.88. The van der Waals surface area contributed by atoms with Crippen molar-refractivity contribution < 1.29 is 18.7 Å². The first-order valence-corrected chi connectivity index (χ1v) is 8.29. The van der Waals surface area contributed by atoms with E-state index in [0.717, 1.165) is 11.1 Å². The third-order valence-corrected chi connectivity index (χ3v) is 3.88. The number of benzene rings is 3. The van der Waals surface area contributed by atoms with E-state index in [2.05, 4.69) is 6.07 Å². The number of carbonyl (C=O) groups excluding carboxylic acids is 1. The zero-order valence-corrected chi connectivity index (χ0v) is 14.6. The highest BCUT2D eigenvalue weighted by atomic mass is 19.1. The largest absolute Gasteiger partial charge is 0.479 e. The fourth-order valence-corrected chi connectivity index (χ4v) is 2.42. The normalized spacial score (nSPS) is 11.3. The maximum absolute atomic E-state index is 12.9. The van der Waals surface area contributed by atoms with Gasteiger partial charge in [0.05, 0.1) is 11.6 Å². The van der Waals surface area contributed by atoms with Crippen molar-refractivity contribution in [2.24, 2.45) is 0 Å². The summed E-state index contributed by atoms with van der Waals surface area (Å²) < 4.78 is 23.7. The predicted octanol–water partition coefficient (Wildman–Crippen LogP) is 4.74. The first-order chi connectivity index (χ1) is 13.0. The molecule has 0 spiro atoms. The molecule has 0 fully saturated rings. The van der Waals surface area contributed by atoms with E-state index in [0.29, 0.717) is 17.1 Å². The lowest BCUT2D eigenvalue weighted by Gasteiger charge is -2.14. The Balaban J connectivity index is 1.62. The van der Waals surface area contributed by atoms with Crippen molar-refractivity contribution >= 4 is 5.97 Å². The van der Waals surface area contributed by atoms with E-state index in [1.165, 1.54) is 24.3 Å². The van der Waals surface area contributed by atoms with E-state index in [1.807, 2.05) is 24.3 Å². The molecule has 134 valence electrons. The minimum atomic E-state index is -0.839. The van der Waals surface area contributed by atoms with Crippen molar-refractivity contribution in [1.82, 2.24) is 0 Å². The summed E-state index contributed by atoms with van der Waals surface area (Å²) in [6.45, 7) is 1.57. The zero-order valence-electron chi connectivity index (χ0n) is 14.6. The average Bonchev–Trinajstić information content (AvgIpc) is 2.70. The molecule has 0 radical (unpaired) electrons. The molecule has 3 aromatic rings. The monoisotopic (exact) mass is 361 g/mol. The van der Waals surface area contributed by atoms with Gasteiger partial charge in [0.1, 0.15) is 17.3 Å². The molecule has 0 aliphatic heterocycles. The van der Waals surface area contributed by atoms with Crippen LogP contribution in [0.2, 0.25) is 0 Å². The van der Waals surface area contributed by atoms with Crippen LogP contribution in [-0.2, 0) is 4.79 Å². The van der Waals surface area contributed by atoms with Crippen LogP contribution < -0.4 is 9.47 Å². The van der Waals surface area contributed by atoms with Crippen LogP contribution in [0, 0.1) is 17.1 Å². The van der Waals surface area contributed by atoms with E-state index < -0.39 is 12.1 Å². The van der Waals surface area contributed by atoms with E-state index in [4.69, 9.17) is 14.7 Å². The van der Waals surface area contributed by atoms with Crippen LogP contribution in [0.1, 0.15) is 12.5 Å². The highest BCUT2D eigenvalue weighted by Gasteiger charge is 2.17. The molecule has 3 rings (SSSR count). The maximum atomic E-state index is 12.9. The summed E-state index contributed by atoms with van der Waals surface area (Å²) >= 11 is 0. The summed E-state index contributed by atoms with van der Waals surface area (Å²) in [4.78, 5) is 12.2. The molecule has 1 atom stereocenters. The summed E-state index contributed by atoms with van der Waals surface area (Å²) in [5.74, 6) is -0.144. The lowest BCUT2D eigenvalue weighted by atomic mass is 10.0. The van der Waals surface area contributed by atoms with Gasteiger partial charge < -0.3 is 9.47 Å². The van der Waals surface area contributed by atoms with Crippen molar-refractivity contribution in [1.29, 1.82) is 5.26 Å². The molecular weight excluding hydrogens is 345 g/mol. The fourth-order valence-electron chi connectivity index (χ4n) is 2.42. The highest BCUT2D eigenvalue weighted by molar-refractivity contribution is 5.77. The van der Waals surface area contributed by atoms with Gasteiger partial charge in [-0.3, -0.25) is 0 Å². The molecule has 0 aliphatic rings. The molecule has 5 heteroatoms. The maximum Gasteiger partial charge on any atom is 0.352 e. The first-order valence-electron chi connectivity index (χ1n) is 8.29. The fraction of sp³-hybridized carbons (Fsp3) is 0.0909. The van der Waals surface area contributed by atoms with Crippen LogP contribution in [0.15, 0.2) is 72.8 Å². The second-order valence-corrected chi connectivity index (χ2v) is 5.85. The zero-order chi connectivity index (χ0) is 19.2. The van der Waals surface area contributed by atoms with Crippen LogP contribution in [-0.4, -0.2) is 12.1 Å². The summed E-state index contributed by atoms with van der Waals surface area (Å²) in [7, 11) is 0. The summed E-state index contributed by atoms with van der Waals surface area (Å²) in [5.41, 5.74) is 2.49. The minimum Gasteiger partial charge on any atom is -0.479 e. The van der Waals surface area contributed by atoms with Gasteiger partial charge in [-0.05, 0) is 66.6 Å². The van der Waals surface area contributed by atoms with Gasteiger partial charge in [0.25, 0.3) is 0 Å². The summed E-state index contributed by atoms with van der Waals surface area (Å²) in [6.07, 6.45) is -0.839. The summed E-state index contributed by atoms with van der Waals surface area (Å²) in [6, 6.07) is 21.8. The van der Waals surface area contributed by atoms with E-state index >= 15 is 0 Å². The standard InChI is InChI=1S/C22H16FNO3/c1-15(26-20-12-8-19(23)9-13-20)22(25)27-21-10-6-18(7-11-21)17-4-2-16(14-24)3-5-17/h2-13,15H,1H3. The highest BCUT2D eigenvalue weighted by Crippen LogP contribution is 2.23. The van der Waals surface area contributed by atoms with Crippen molar-refractivity contribution in [3.05, 3.63) is 84.2 Å². The number of esters is 1. The lowest BCUT2D eigenvalue weighted by Crippen LogP contribution is -2.28. The van der Waals surface area contributed by atoms with Crippen LogP contribution in [0.3, 0.4) is 0 Å². The number of hydrogen-bond donors (Lipinski definition) is 0. The number of carbonyl (C=O) groups is 1. The Labute approximate surface area is 156 Å². The number of hydrogen-bond acceptors (Lipinski definition) is 4. The molecule has 0 aromatic heterocycles. The van der Waals surface area contributed by atoms with Gasteiger partial charge in [0, 0.05) is 0 Å². The number of nitriles is 1. The third kappa shape index (κ3) is 4.71. The quantitative estimate of drug-likeness (QED) is 0.487. The van der Waals surface area contributed by atoms with Gasteiger partial charge in [-0.2, -0.15) is 5.26 Å². The van der Waals surface area contributed by atoms with E-state index in [1.54, 1.807) is 31.2 Å². The molecule has 4 nitrogen and oxygen atoms in total. The van der Waals surface area contributed by atoms with Crippen molar-refractivity contribution in [3.63, 3.8) is 0 Å². The van der Waals surface area contributed by atoms with Gasteiger partial charge in [-0.15, -0.1) is 0 Å². The minimum absolute atomic E-state index is 0.375. The van der Waals surface area contributed by atoms with Crippen molar-refractivity contribution in [2.45, 2.75) is 13.0 Å². The Morgan fingerprint density at radius 3 is 1.96 bits per heavy atom. The lowest BCUT2D eigenvalue weighted by molar-refractivity contribution is -0.141. The van der Waals surface area contributed by atoms with Crippen molar-refractivity contribution in [3.8, 4) is 28.7 Å². The molecular formula is C22H16FNO3. The van der Waals surface area contributed by atoms with Crippen LogP contribution in [0.4, 0.5) is 4.39 Å². The molecule has 0 saturated heterocycles. The van der Waals surface area contributed by atoms with Crippen LogP contribution in [0.25, 0.3) is 11.1 Å². The number of halogens is 1. The topological polar surface area (TPSA) is 59.3 Å². The van der Waals surface area contributed by atoms with E-state index in [9.17, 15) is 9.18 Å². The molecule has 0 amide bonds. The van der Waals surface area contributed by atoms with Gasteiger partial charge in [-0.25, -0.2) is 9.18 Å². The van der Waals surface area contributed by atoms with Gasteiger partial charge in [-0.1, -0.05) is 24.3 Å². The number of ether oxygens (including phenoxy) is 2. The first kappa shape index (κ1) is 18.2. The Morgan fingerprint density at radius 1 is 0.889 bits per heavy atom. The molecule has 0 aliphatic carbocycles. The Morgan fingerprint density at radius 2 is 1.41 bits per heavy atom. The second kappa shape index (κ2) is 8.15. The molecule has 0 heterocycles. The molecule has 27 heavy (non-hydrogen) atoms. The number of nitrogens with zero attached hydrogens (tertiary/aromatic N) is 1. The molecule has 0 bridgehead atoms. The molecule has 0 N–H and O–H groups in total. The summed E-state index contributed by atoms with van der Waals surface area (Å²) in [5, 5.41) is 8.84. The predicted molar refractivity (Wildman–Crippen MR) is 98.7 cm³/mol. The molecule has 0 saturated carbocycles. The van der Waals surface area contributed by atoms with Gasteiger partial charge in [0.2, 0.25) is 0 Å². The van der Waals surface area contributed by atoms with Gasteiger partial charge >= 0.3 is 5.97 Å². The smallest absolute Gasteiger partial charge is 0.352 e. The average molecular weight is 361 g/mol. The van der Waals surface area contributed by atoms with E-state index in [-0.39, 0.29) is 5.82 Å². The Bertz CT molecular complexity index is 958. The Hall–Kier alpha value is -3.65. The molecule has 1 unspecified atom stereocenters. The Kier molecular flexibility index (Phi) is 5.48. The van der Waals surface area contributed by atoms with Crippen LogP contribution in [0.5, 0.6) is 11.5 Å². The second-order valence-electron chi connectivity index (χ2n) is 5.85.